The van der Waals surface area contributed by atoms with E-state index in [1.54, 1.807) is 0 Å². The molecule has 0 spiro atoms. The van der Waals surface area contributed by atoms with E-state index < -0.39 is 0 Å². The average molecular weight is 379 g/mol. The van der Waals surface area contributed by atoms with Gasteiger partial charge in [0.1, 0.15) is 0 Å². The molecule has 0 heterocycles. The summed E-state index contributed by atoms with van der Waals surface area (Å²) in [6, 6.07) is 0. The summed E-state index contributed by atoms with van der Waals surface area (Å²) in [4.78, 5) is 11.6. The van der Waals surface area contributed by atoms with Gasteiger partial charge in [0, 0.05) is 12.2 Å². The van der Waals surface area contributed by atoms with Crippen LogP contribution in [0.1, 0.15) is 66.2 Å². The van der Waals surface area contributed by atoms with Crippen molar-refractivity contribution in [1.29, 1.82) is 0 Å². The fourth-order valence-corrected chi connectivity index (χ4v) is 5.00. The Bertz CT molecular complexity index is 477. The normalized spacial score (nSPS) is 27.7. The molecule has 2 saturated carbocycles. The first-order chi connectivity index (χ1) is 12.9. The van der Waals surface area contributed by atoms with Crippen molar-refractivity contribution in [3.05, 3.63) is 12.3 Å². The van der Waals surface area contributed by atoms with Crippen molar-refractivity contribution in [3.63, 3.8) is 0 Å². The van der Waals surface area contributed by atoms with Crippen molar-refractivity contribution >= 4 is 5.97 Å². The first kappa shape index (κ1) is 22.3. The van der Waals surface area contributed by atoms with Crippen LogP contribution < -0.4 is 10.6 Å². The molecule has 0 amide bonds. The molecule has 2 aliphatic rings. The van der Waals surface area contributed by atoms with Gasteiger partial charge in [-0.25, -0.2) is 0 Å². The number of carbonyl (C=O) groups is 1. The molecule has 2 N–H and O–H groups in total. The van der Waals surface area contributed by atoms with E-state index >= 15 is 0 Å². The van der Waals surface area contributed by atoms with E-state index in [0.29, 0.717) is 12.5 Å². The minimum Gasteiger partial charge on any atom is -0.465 e. The maximum absolute atomic E-state index is 11.6. The van der Waals surface area contributed by atoms with Gasteiger partial charge in [0.25, 0.3) is 0 Å². The number of fused-ring (bicyclic) bond motifs is 2. The summed E-state index contributed by atoms with van der Waals surface area (Å²) in [6.45, 7) is 15.9. The quantitative estimate of drug-likeness (QED) is 0.369. The minimum atomic E-state index is -0.0708. The van der Waals surface area contributed by atoms with E-state index in [9.17, 15) is 4.79 Å². The fourth-order valence-electron chi connectivity index (χ4n) is 5.00. The van der Waals surface area contributed by atoms with Crippen molar-refractivity contribution in [2.45, 2.75) is 66.2 Å². The van der Waals surface area contributed by atoms with E-state index in [2.05, 4.69) is 31.1 Å². The van der Waals surface area contributed by atoms with Gasteiger partial charge < -0.3 is 15.4 Å². The number of nitrogens with one attached hydrogen (secondary N) is 2. The molecule has 5 atom stereocenters. The Hall–Kier alpha value is -1.03. The number of esters is 1. The molecule has 0 aromatic rings. The molecule has 0 aromatic heterocycles. The predicted molar refractivity (Wildman–Crippen MR) is 112 cm³/mol. The molecule has 4 heteroatoms. The molecule has 0 aliphatic heterocycles. The number of rotatable bonds is 13. The van der Waals surface area contributed by atoms with Crippen molar-refractivity contribution in [2.75, 3.05) is 26.2 Å². The van der Waals surface area contributed by atoms with Crippen LogP contribution in [0.2, 0.25) is 0 Å². The van der Waals surface area contributed by atoms with Gasteiger partial charge in [0.05, 0.1) is 12.5 Å². The predicted octanol–water partition coefficient (Wildman–Crippen LogP) is 4.37. The Morgan fingerprint density at radius 3 is 2.48 bits per heavy atom. The first-order valence-corrected chi connectivity index (χ1v) is 11.2. The van der Waals surface area contributed by atoms with Crippen molar-refractivity contribution < 1.29 is 9.53 Å². The van der Waals surface area contributed by atoms with Crippen LogP contribution in [0.5, 0.6) is 0 Å². The molecule has 156 valence electrons. The Kier molecular flexibility index (Phi) is 9.14. The highest BCUT2D eigenvalue weighted by Gasteiger charge is 2.45. The molecule has 2 bridgehead atoms. The molecule has 0 radical (unpaired) electrons. The van der Waals surface area contributed by atoms with Crippen molar-refractivity contribution in [2.24, 2.45) is 35.5 Å². The lowest BCUT2D eigenvalue weighted by atomic mass is 9.80. The van der Waals surface area contributed by atoms with Crippen LogP contribution in [0, 0.1) is 35.5 Å². The summed E-state index contributed by atoms with van der Waals surface area (Å²) in [5.74, 6) is 3.95. The SMILES string of the molecule is C=C(C)NCC1CC2CC(CNCCCC(CC)COC(=O)C(C)C)C1C2. The van der Waals surface area contributed by atoms with Gasteiger partial charge in [-0.05, 0) is 81.7 Å². The molecule has 5 unspecified atom stereocenters. The summed E-state index contributed by atoms with van der Waals surface area (Å²) >= 11 is 0. The lowest BCUT2D eigenvalue weighted by Gasteiger charge is -2.30. The molecule has 2 rings (SSSR count). The lowest BCUT2D eigenvalue weighted by molar-refractivity contribution is -0.148. The largest absolute Gasteiger partial charge is 0.465 e. The smallest absolute Gasteiger partial charge is 0.308 e. The first-order valence-electron chi connectivity index (χ1n) is 11.2. The fraction of sp³-hybridized carbons (Fsp3) is 0.870. The molecular weight excluding hydrogens is 336 g/mol. The Labute approximate surface area is 166 Å². The van der Waals surface area contributed by atoms with Crippen molar-refractivity contribution in [1.82, 2.24) is 10.6 Å². The van der Waals surface area contributed by atoms with Gasteiger partial charge in [0.15, 0.2) is 0 Å². The molecular formula is C23H42N2O2. The van der Waals surface area contributed by atoms with Gasteiger partial charge in [-0.15, -0.1) is 0 Å². The maximum atomic E-state index is 11.6. The maximum Gasteiger partial charge on any atom is 0.308 e. The lowest BCUT2D eigenvalue weighted by Crippen LogP contribution is -2.34. The second kappa shape index (κ2) is 11.1. The number of allylic oxidation sites excluding steroid dienone is 1. The van der Waals surface area contributed by atoms with Gasteiger partial charge in [-0.1, -0.05) is 33.8 Å². The zero-order valence-corrected chi connectivity index (χ0v) is 18.1. The van der Waals surface area contributed by atoms with E-state index in [0.717, 1.165) is 55.3 Å². The number of hydrogen-bond donors (Lipinski definition) is 2. The molecule has 2 fully saturated rings. The highest BCUT2D eigenvalue weighted by Crippen LogP contribution is 2.51. The van der Waals surface area contributed by atoms with Crippen LogP contribution in [-0.4, -0.2) is 32.2 Å². The Morgan fingerprint density at radius 1 is 1.19 bits per heavy atom. The standard InChI is InChI=1S/C23H42N2O2/c1-6-18(15-27-23(26)16(2)3)8-7-9-24-13-20-10-19-11-21(22(20)12-19)14-25-17(4)5/h16,18-22,24-25H,4,6-15H2,1-3,5H3. The third-order valence-electron chi connectivity index (χ3n) is 6.64. The van der Waals surface area contributed by atoms with Crippen LogP contribution >= 0.6 is 0 Å². The summed E-state index contributed by atoms with van der Waals surface area (Å²) in [7, 11) is 0. The van der Waals surface area contributed by atoms with E-state index in [4.69, 9.17) is 4.74 Å². The van der Waals surface area contributed by atoms with Crippen molar-refractivity contribution in [3.8, 4) is 0 Å². The second-order valence-electron chi connectivity index (χ2n) is 9.32. The third kappa shape index (κ3) is 7.14. The molecule has 0 aromatic carbocycles. The number of hydrogen-bond acceptors (Lipinski definition) is 4. The molecule has 27 heavy (non-hydrogen) atoms. The van der Waals surface area contributed by atoms with Crippen LogP contribution in [-0.2, 0) is 9.53 Å². The van der Waals surface area contributed by atoms with Gasteiger partial charge in [0.2, 0.25) is 0 Å². The molecule has 4 nitrogen and oxygen atoms in total. The summed E-state index contributed by atoms with van der Waals surface area (Å²) < 4.78 is 5.41. The Morgan fingerprint density at radius 2 is 1.89 bits per heavy atom. The zero-order chi connectivity index (χ0) is 19.8. The number of carbonyl (C=O) groups excluding carboxylic acids is 1. The summed E-state index contributed by atoms with van der Waals surface area (Å²) in [5.41, 5.74) is 1.09. The summed E-state index contributed by atoms with van der Waals surface area (Å²) in [5, 5.41) is 7.18. The minimum absolute atomic E-state index is 0.0275. The highest BCUT2D eigenvalue weighted by atomic mass is 16.5. The van der Waals surface area contributed by atoms with E-state index in [1.807, 2.05) is 13.8 Å². The topological polar surface area (TPSA) is 50.4 Å². The van der Waals surface area contributed by atoms with Crippen LogP contribution in [0.25, 0.3) is 0 Å². The number of ether oxygens (including phenoxy) is 1. The molecule has 0 saturated heterocycles. The van der Waals surface area contributed by atoms with Gasteiger partial charge >= 0.3 is 5.97 Å². The second-order valence-corrected chi connectivity index (χ2v) is 9.32. The third-order valence-corrected chi connectivity index (χ3v) is 6.64. The van der Waals surface area contributed by atoms with E-state index in [1.165, 1.54) is 32.2 Å². The monoisotopic (exact) mass is 378 g/mol. The summed E-state index contributed by atoms with van der Waals surface area (Å²) in [6.07, 6.45) is 7.65. The zero-order valence-electron chi connectivity index (χ0n) is 18.1. The molecule has 2 aliphatic carbocycles. The van der Waals surface area contributed by atoms with E-state index in [-0.39, 0.29) is 11.9 Å². The average Bonchev–Trinajstić information content (AvgIpc) is 3.21. The van der Waals surface area contributed by atoms with Crippen LogP contribution in [0.15, 0.2) is 12.3 Å². The Balaban J connectivity index is 1.58. The van der Waals surface area contributed by atoms with Crippen LogP contribution in [0.3, 0.4) is 0 Å². The van der Waals surface area contributed by atoms with Gasteiger partial charge in [-0.3, -0.25) is 4.79 Å². The van der Waals surface area contributed by atoms with Crippen LogP contribution in [0.4, 0.5) is 0 Å². The van der Waals surface area contributed by atoms with Gasteiger partial charge in [-0.2, -0.15) is 0 Å². The highest BCUT2D eigenvalue weighted by molar-refractivity contribution is 5.71.